The first-order chi connectivity index (χ1) is 8.27. The first-order valence-electron chi connectivity index (χ1n) is 7.00. The van der Waals surface area contributed by atoms with Crippen molar-refractivity contribution >= 4 is 0 Å². The van der Waals surface area contributed by atoms with Crippen molar-refractivity contribution in [1.29, 1.82) is 0 Å². The maximum absolute atomic E-state index is 9.43. The van der Waals surface area contributed by atoms with Gasteiger partial charge in [-0.15, -0.1) is 0 Å². The Kier molecular flexibility index (Phi) is 7.49. The highest BCUT2D eigenvalue weighted by molar-refractivity contribution is 5.01. The monoisotopic (exact) mass is 240 g/mol. The molecule has 0 aromatic heterocycles. The van der Waals surface area contributed by atoms with Gasteiger partial charge in [-0.3, -0.25) is 4.90 Å². The van der Waals surface area contributed by atoms with E-state index in [1.54, 1.807) is 0 Å². The van der Waals surface area contributed by atoms with Crippen LogP contribution in [0.3, 0.4) is 0 Å². The van der Waals surface area contributed by atoms with Crippen molar-refractivity contribution in [3.05, 3.63) is 12.2 Å². The van der Waals surface area contributed by atoms with Crippen LogP contribution in [0.15, 0.2) is 12.2 Å². The predicted molar refractivity (Wildman–Crippen MR) is 73.2 cm³/mol. The number of aliphatic hydroxyl groups excluding tert-OH is 1. The van der Waals surface area contributed by atoms with E-state index in [4.69, 9.17) is 0 Å². The Morgan fingerprint density at radius 3 is 2.94 bits per heavy atom. The van der Waals surface area contributed by atoms with E-state index in [-0.39, 0.29) is 6.61 Å². The molecule has 100 valence electrons. The molecule has 1 rings (SSSR count). The SMILES string of the molecule is C=C(CNCCC)CN1CCCCCC1CO. The molecule has 1 fully saturated rings. The molecule has 0 aliphatic carbocycles. The van der Waals surface area contributed by atoms with Crippen LogP contribution < -0.4 is 5.32 Å². The second kappa shape index (κ2) is 8.67. The van der Waals surface area contributed by atoms with Gasteiger partial charge >= 0.3 is 0 Å². The largest absolute Gasteiger partial charge is 0.395 e. The van der Waals surface area contributed by atoms with Crippen LogP contribution in [0, 0.1) is 0 Å². The summed E-state index contributed by atoms with van der Waals surface area (Å²) < 4.78 is 0. The fraction of sp³-hybridized carbons (Fsp3) is 0.857. The molecule has 1 unspecified atom stereocenters. The molecule has 3 heteroatoms. The van der Waals surface area contributed by atoms with Gasteiger partial charge in [-0.2, -0.15) is 0 Å². The van der Waals surface area contributed by atoms with Crippen LogP contribution >= 0.6 is 0 Å². The number of hydrogen-bond donors (Lipinski definition) is 2. The van der Waals surface area contributed by atoms with E-state index in [0.29, 0.717) is 6.04 Å². The highest BCUT2D eigenvalue weighted by Crippen LogP contribution is 2.17. The molecule has 0 spiro atoms. The predicted octanol–water partition coefficient (Wildman–Crippen LogP) is 1.78. The lowest BCUT2D eigenvalue weighted by atomic mass is 10.1. The van der Waals surface area contributed by atoms with E-state index in [0.717, 1.165) is 39.0 Å². The van der Waals surface area contributed by atoms with Crippen LogP contribution in [-0.2, 0) is 0 Å². The minimum absolute atomic E-state index is 0.287. The van der Waals surface area contributed by atoms with Crippen LogP contribution in [0.1, 0.15) is 39.0 Å². The molecule has 0 aromatic carbocycles. The molecule has 1 aliphatic rings. The molecule has 2 N–H and O–H groups in total. The molecule has 1 heterocycles. The molecule has 0 saturated carbocycles. The molecule has 0 bridgehead atoms. The van der Waals surface area contributed by atoms with E-state index in [1.165, 1.54) is 24.8 Å². The van der Waals surface area contributed by atoms with Gasteiger partial charge in [-0.1, -0.05) is 26.3 Å². The molecular formula is C14H28N2O. The molecule has 17 heavy (non-hydrogen) atoms. The maximum Gasteiger partial charge on any atom is 0.0586 e. The van der Waals surface area contributed by atoms with Crippen molar-refractivity contribution < 1.29 is 5.11 Å². The Hall–Kier alpha value is -0.380. The van der Waals surface area contributed by atoms with Crippen LogP contribution in [0.4, 0.5) is 0 Å². The molecule has 1 aliphatic heterocycles. The first-order valence-corrected chi connectivity index (χ1v) is 7.00. The summed E-state index contributed by atoms with van der Waals surface area (Å²) in [4.78, 5) is 2.41. The van der Waals surface area contributed by atoms with E-state index in [9.17, 15) is 5.11 Å². The zero-order valence-corrected chi connectivity index (χ0v) is 11.2. The Labute approximate surface area is 106 Å². The van der Waals surface area contributed by atoms with Gasteiger partial charge in [0.1, 0.15) is 0 Å². The third-order valence-corrected chi connectivity index (χ3v) is 3.44. The second-order valence-corrected chi connectivity index (χ2v) is 5.08. The van der Waals surface area contributed by atoms with Gasteiger partial charge in [0.05, 0.1) is 6.61 Å². The fourth-order valence-electron chi connectivity index (χ4n) is 2.44. The van der Waals surface area contributed by atoms with Gasteiger partial charge < -0.3 is 10.4 Å². The summed E-state index contributed by atoms with van der Waals surface area (Å²) in [6.45, 7) is 10.6. The third kappa shape index (κ3) is 5.66. The van der Waals surface area contributed by atoms with Crippen molar-refractivity contribution in [3.8, 4) is 0 Å². The Balaban J connectivity index is 2.32. The Bertz CT molecular complexity index is 218. The quantitative estimate of drug-likeness (QED) is 0.526. The zero-order chi connectivity index (χ0) is 12.5. The van der Waals surface area contributed by atoms with Crippen molar-refractivity contribution in [2.45, 2.75) is 45.1 Å². The molecule has 1 saturated heterocycles. The van der Waals surface area contributed by atoms with Crippen molar-refractivity contribution in [1.82, 2.24) is 10.2 Å². The van der Waals surface area contributed by atoms with Gasteiger partial charge in [-0.05, 0) is 37.9 Å². The Morgan fingerprint density at radius 2 is 2.24 bits per heavy atom. The number of aliphatic hydroxyl groups is 1. The summed E-state index contributed by atoms with van der Waals surface area (Å²) in [6, 6.07) is 0.348. The van der Waals surface area contributed by atoms with Crippen LogP contribution in [0.5, 0.6) is 0 Å². The second-order valence-electron chi connectivity index (χ2n) is 5.08. The smallest absolute Gasteiger partial charge is 0.0586 e. The van der Waals surface area contributed by atoms with E-state index < -0.39 is 0 Å². The summed E-state index contributed by atoms with van der Waals surface area (Å²) in [5, 5.41) is 12.8. The molecule has 0 aromatic rings. The maximum atomic E-state index is 9.43. The lowest BCUT2D eigenvalue weighted by Gasteiger charge is -2.29. The van der Waals surface area contributed by atoms with Crippen molar-refractivity contribution in [2.75, 3.05) is 32.8 Å². The summed E-state index contributed by atoms with van der Waals surface area (Å²) in [6.07, 6.45) is 6.10. The molecule has 0 radical (unpaired) electrons. The molecule has 3 nitrogen and oxygen atoms in total. The van der Waals surface area contributed by atoms with Gasteiger partial charge in [-0.25, -0.2) is 0 Å². The standard InChI is InChI=1S/C14H28N2O/c1-3-8-15-10-13(2)11-16-9-6-4-5-7-14(16)12-17/h14-15,17H,2-12H2,1H3. The normalized spacial score (nSPS) is 22.4. The minimum atomic E-state index is 0.287. The van der Waals surface area contributed by atoms with Crippen molar-refractivity contribution in [3.63, 3.8) is 0 Å². The minimum Gasteiger partial charge on any atom is -0.395 e. The van der Waals surface area contributed by atoms with Crippen molar-refractivity contribution in [2.24, 2.45) is 0 Å². The topological polar surface area (TPSA) is 35.5 Å². The highest BCUT2D eigenvalue weighted by Gasteiger charge is 2.20. The number of hydrogen-bond acceptors (Lipinski definition) is 3. The summed E-state index contributed by atoms with van der Waals surface area (Å²) in [5.74, 6) is 0. The van der Waals surface area contributed by atoms with Gasteiger partial charge in [0, 0.05) is 19.1 Å². The highest BCUT2D eigenvalue weighted by atomic mass is 16.3. The molecule has 0 amide bonds. The summed E-state index contributed by atoms with van der Waals surface area (Å²) in [7, 11) is 0. The van der Waals surface area contributed by atoms with Gasteiger partial charge in [0.15, 0.2) is 0 Å². The van der Waals surface area contributed by atoms with Crippen LogP contribution in [0.2, 0.25) is 0 Å². The lowest BCUT2D eigenvalue weighted by molar-refractivity contribution is 0.133. The van der Waals surface area contributed by atoms with Gasteiger partial charge in [0.2, 0.25) is 0 Å². The molecule has 1 atom stereocenters. The summed E-state index contributed by atoms with van der Waals surface area (Å²) in [5.41, 5.74) is 1.24. The van der Waals surface area contributed by atoms with E-state index in [1.807, 2.05) is 0 Å². The van der Waals surface area contributed by atoms with E-state index in [2.05, 4.69) is 23.7 Å². The number of likely N-dealkylation sites (tertiary alicyclic amines) is 1. The van der Waals surface area contributed by atoms with Gasteiger partial charge in [0.25, 0.3) is 0 Å². The average molecular weight is 240 g/mol. The first kappa shape index (κ1) is 14.7. The van der Waals surface area contributed by atoms with E-state index >= 15 is 0 Å². The number of nitrogens with one attached hydrogen (secondary N) is 1. The number of nitrogens with zero attached hydrogens (tertiary/aromatic N) is 1. The Morgan fingerprint density at radius 1 is 1.41 bits per heavy atom. The lowest BCUT2D eigenvalue weighted by Crippen LogP contribution is -2.39. The van der Waals surface area contributed by atoms with Crippen LogP contribution in [0.25, 0.3) is 0 Å². The summed E-state index contributed by atoms with van der Waals surface area (Å²) >= 11 is 0. The number of rotatable bonds is 7. The fourth-order valence-corrected chi connectivity index (χ4v) is 2.44. The third-order valence-electron chi connectivity index (χ3n) is 3.44. The average Bonchev–Trinajstić information content (AvgIpc) is 2.54. The zero-order valence-electron chi connectivity index (χ0n) is 11.2. The van der Waals surface area contributed by atoms with Crippen LogP contribution in [-0.4, -0.2) is 48.8 Å². The molecular weight excluding hydrogens is 212 g/mol.